The number of rotatable bonds is 5. The van der Waals surface area contributed by atoms with Crippen LogP contribution in [0.1, 0.15) is 5.56 Å². The number of carbonyl (C=O) groups is 1. The summed E-state index contributed by atoms with van der Waals surface area (Å²) in [5.41, 5.74) is 1.95. The maximum Gasteiger partial charge on any atom is 0.341 e. The van der Waals surface area contributed by atoms with Crippen LogP contribution in [0.15, 0.2) is 53.3 Å². The van der Waals surface area contributed by atoms with E-state index in [1.165, 1.54) is 0 Å². The Morgan fingerprint density at radius 1 is 1.11 bits per heavy atom. The minimum Gasteiger partial charge on any atom is -0.482 e. The highest BCUT2D eigenvalue weighted by molar-refractivity contribution is 7.71. The lowest BCUT2D eigenvalue weighted by atomic mass is 10.00. The molecule has 0 fully saturated rings. The fraction of sp³-hybridized carbons (Fsp3) is 0.0526. The molecule has 0 aliphatic rings. The molecule has 3 aromatic rings. The van der Waals surface area contributed by atoms with Crippen molar-refractivity contribution in [1.82, 2.24) is 9.97 Å². The van der Waals surface area contributed by atoms with Crippen LogP contribution in [0, 0.1) is 16.1 Å². The molecule has 134 valence electrons. The molecule has 0 spiro atoms. The number of aliphatic carboxylic acids is 1. The zero-order valence-corrected chi connectivity index (χ0v) is 14.7. The van der Waals surface area contributed by atoms with Crippen molar-refractivity contribution >= 4 is 18.2 Å². The minimum absolute atomic E-state index is 0.0562. The number of hydrogen-bond donors (Lipinski definition) is 3. The van der Waals surface area contributed by atoms with Gasteiger partial charge in [-0.2, -0.15) is 5.26 Å². The van der Waals surface area contributed by atoms with Crippen molar-refractivity contribution in [2.24, 2.45) is 0 Å². The Hall–Kier alpha value is -3.70. The molecule has 8 heteroatoms. The molecule has 0 bridgehead atoms. The quantitative estimate of drug-likeness (QED) is 0.586. The molecule has 27 heavy (non-hydrogen) atoms. The van der Waals surface area contributed by atoms with Crippen LogP contribution in [0.5, 0.6) is 5.75 Å². The highest BCUT2D eigenvalue weighted by atomic mass is 32.1. The number of aromatic amines is 2. The molecule has 1 aromatic heterocycles. The standard InChI is InChI=1S/C19H13N3O4S/c20-9-15-17(21-19(27)22-18(15)25)13-5-1-3-11(7-13)12-4-2-6-14(8-12)26-10-16(23)24/h1-8H,10H2,(H,23,24)(H2,21,22,25,27). The van der Waals surface area contributed by atoms with Gasteiger partial charge in [0.1, 0.15) is 17.4 Å². The number of H-pyrrole nitrogens is 2. The molecule has 1 heterocycles. The number of aromatic nitrogens is 2. The number of nitrogens with one attached hydrogen (secondary N) is 2. The van der Waals surface area contributed by atoms with Crippen molar-refractivity contribution in [3.63, 3.8) is 0 Å². The SMILES string of the molecule is N#Cc1c(-c2cccc(-c3cccc(OCC(=O)O)c3)c2)[nH]c(=S)[nH]c1=O. The molecule has 0 aliphatic carbocycles. The second kappa shape index (κ2) is 7.68. The van der Waals surface area contributed by atoms with Gasteiger partial charge in [0.15, 0.2) is 11.4 Å². The average Bonchev–Trinajstić information content (AvgIpc) is 2.66. The molecule has 7 nitrogen and oxygen atoms in total. The van der Waals surface area contributed by atoms with E-state index in [1.54, 1.807) is 36.4 Å². The van der Waals surface area contributed by atoms with Crippen molar-refractivity contribution in [2.45, 2.75) is 0 Å². The summed E-state index contributed by atoms with van der Waals surface area (Å²) in [6, 6.07) is 16.1. The average molecular weight is 379 g/mol. The van der Waals surface area contributed by atoms with Crippen LogP contribution in [0.3, 0.4) is 0 Å². The third-order valence-electron chi connectivity index (χ3n) is 3.74. The molecule has 2 aromatic carbocycles. The summed E-state index contributed by atoms with van der Waals surface area (Å²) in [7, 11) is 0. The van der Waals surface area contributed by atoms with E-state index < -0.39 is 18.1 Å². The minimum atomic E-state index is -1.06. The number of hydrogen-bond acceptors (Lipinski definition) is 5. The van der Waals surface area contributed by atoms with Crippen LogP contribution in [0.25, 0.3) is 22.4 Å². The molecule has 0 atom stereocenters. The first-order valence-corrected chi connectivity index (χ1v) is 8.21. The van der Waals surface area contributed by atoms with Crippen molar-refractivity contribution in [2.75, 3.05) is 6.61 Å². The maximum absolute atomic E-state index is 12.0. The number of nitrogens with zero attached hydrogens (tertiary/aromatic N) is 1. The van der Waals surface area contributed by atoms with E-state index in [2.05, 4.69) is 9.97 Å². The van der Waals surface area contributed by atoms with Gasteiger partial charge in [-0.3, -0.25) is 9.78 Å². The summed E-state index contributed by atoms with van der Waals surface area (Å²) < 4.78 is 5.33. The van der Waals surface area contributed by atoms with Gasteiger partial charge in [0.05, 0.1) is 5.69 Å². The van der Waals surface area contributed by atoms with Crippen LogP contribution in [-0.2, 0) is 4.79 Å². The predicted molar refractivity (Wildman–Crippen MR) is 101 cm³/mol. The Balaban J connectivity index is 2.04. The number of benzene rings is 2. The first-order chi connectivity index (χ1) is 13.0. The number of carboxylic acids is 1. The van der Waals surface area contributed by atoms with E-state index >= 15 is 0 Å². The normalized spacial score (nSPS) is 10.2. The second-order valence-electron chi connectivity index (χ2n) is 5.56. The lowest BCUT2D eigenvalue weighted by molar-refractivity contribution is -0.139. The Morgan fingerprint density at radius 2 is 1.78 bits per heavy atom. The van der Waals surface area contributed by atoms with Crippen molar-refractivity contribution < 1.29 is 14.6 Å². The summed E-state index contributed by atoms with van der Waals surface area (Å²) in [5, 5.41) is 18.0. The fourth-order valence-electron chi connectivity index (χ4n) is 2.57. The van der Waals surface area contributed by atoms with Crippen LogP contribution in [0.4, 0.5) is 0 Å². The molecule has 3 rings (SSSR count). The molecular formula is C19H13N3O4S. The summed E-state index contributed by atoms with van der Waals surface area (Å²) >= 11 is 5.00. The molecular weight excluding hydrogens is 366 g/mol. The molecule has 0 saturated heterocycles. The zero-order valence-electron chi connectivity index (χ0n) is 13.9. The third kappa shape index (κ3) is 4.11. The summed E-state index contributed by atoms with van der Waals surface area (Å²) in [4.78, 5) is 27.9. The van der Waals surface area contributed by atoms with Crippen molar-refractivity contribution in [3.8, 4) is 34.2 Å². The van der Waals surface area contributed by atoms with Gasteiger partial charge in [-0.25, -0.2) is 4.79 Å². The van der Waals surface area contributed by atoms with E-state index in [9.17, 15) is 14.9 Å². The monoisotopic (exact) mass is 379 g/mol. The lowest BCUT2D eigenvalue weighted by Crippen LogP contribution is -2.13. The van der Waals surface area contributed by atoms with Gasteiger partial charge in [-0.05, 0) is 41.5 Å². The van der Waals surface area contributed by atoms with Crippen molar-refractivity contribution in [1.29, 1.82) is 5.26 Å². The van der Waals surface area contributed by atoms with Crippen molar-refractivity contribution in [3.05, 3.63) is 69.2 Å². The Morgan fingerprint density at radius 3 is 2.48 bits per heavy atom. The largest absolute Gasteiger partial charge is 0.482 e. The number of carboxylic acid groups (broad SMARTS) is 1. The Labute approximate surface area is 158 Å². The van der Waals surface area contributed by atoms with E-state index in [1.807, 2.05) is 18.2 Å². The first-order valence-electron chi connectivity index (χ1n) is 7.80. The smallest absolute Gasteiger partial charge is 0.341 e. The summed E-state index contributed by atoms with van der Waals surface area (Å²) in [5.74, 6) is -0.635. The molecule has 0 saturated carbocycles. The maximum atomic E-state index is 12.0. The van der Waals surface area contributed by atoms with Crippen LogP contribution < -0.4 is 10.3 Å². The van der Waals surface area contributed by atoms with E-state index in [0.29, 0.717) is 17.0 Å². The van der Waals surface area contributed by atoms with Gasteiger partial charge in [-0.15, -0.1) is 0 Å². The predicted octanol–water partition coefficient (Wildman–Crippen LogP) is 3.10. The Kier molecular flexibility index (Phi) is 5.15. The van der Waals surface area contributed by atoms with Crippen LogP contribution >= 0.6 is 12.2 Å². The molecule has 0 unspecified atom stereocenters. The van der Waals surface area contributed by atoms with Crippen LogP contribution in [0.2, 0.25) is 0 Å². The third-order valence-corrected chi connectivity index (χ3v) is 3.94. The molecule has 0 aliphatic heterocycles. The second-order valence-corrected chi connectivity index (χ2v) is 5.97. The number of ether oxygens (including phenoxy) is 1. The van der Waals surface area contributed by atoms with Gasteiger partial charge in [0.25, 0.3) is 5.56 Å². The zero-order chi connectivity index (χ0) is 19.4. The first kappa shape index (κ1) is 18.1. The Bertz CT molecular complexity index is 1170. The van der Waals surface area contributed by atoms with Gasteiger partial charge < -0.3 is 14.8 Å². The highest BCUT2D eigenvalue weighted by Gasteiger charge is 2.11. The van der Waals surface area contributed by atoms with E-state index in [-0.39, 0.29) is 10.3 Å². The van der Waals surface area contributed by atoms with E-state index in [4.69, 9.17) is 22.1 Å². The van der Waals surface area contributed by atoms with E-state index in [0.717, 1.165) is 11.1 Å². The van der Waals surface area contributed by atoms with Crippen LogP contribution in [-0.4, -0.2) is 27.7 Å². The van der Waals surface area contributed by atoms with Gasteiger partial charge in [0.2, 0.25) is 0 Å². The summed E-state index contributed by atoms with van der Waals surface area (Å²) in [6.07, 6.45) is 0. The molecule has 0 radical (unpaired) electrons. The molecule has 3 N–H and O–H groups in total. The van der Waals surface area contributed by atoms with Gasteiger partial charge in [0, 0.05) is 5.56 Å². The number of nitriles is 1. The van der Waals surface area contributed by atoms with Gasteiger partial charge in [-0.1, -0.05) is 30.3 Å². The topological polar surface area (TPSA) is 119 Å². The fourth-order valence-corrected chi connectivity index (χ4v) is 2.77. The molecule has 0 amide bonds. The van der Waals surface area contributed by atoms with Gasteiger partial charge >= 0.3 is 5.97 Å². The lowest BCUT2D eigenvalue weighted by Gasteiger charge is -2.09. The highest BCUT2D eigenvalue weighted by Crippen LogP contribution is 2.28. The summed E-state index contributed by atoms with van der Waals surface area (Å²) in [6.45, 7) is -0.432.